The number of carbonyl (C=O) groups excluding carboxylic acids is 1. The fraction of sp³-hybridized carbons (Fsp3) is 0.346. The van der Waals surface area contributed by atoms with Crippen LogP contribution in [0.4, 0.5) is 5.69 Å². The standard InChI is InChI=1S/C26H31N3O3S/c1-3-4-13-28-14-16-29(17-15-28)26(30)23-10-9-20(2)25(19-23)27-33(31,32)24-12-11-21-7-5-6-8-22(21)18-24/h5-12,18-19,27H,3-4,13-17H2,1-2H3. The summed E-state index contributed by atoms with van der Waals surface area (Å²) in [5.41, 5.74) is 1.69. The maximum atomic E-state index is 13.1. The molecule has 1 aliphatic rings. The first-order valence-corrected chi connectivity index (χ1v) is 13.0. The molecule has 0 bridgehead atoms. The lowest BCUT2D eigenvalue weighted by Crippen LogP contribution is -2.48. The number of anilines is 1. The third-order valence-corrected chi connectivity index (χ3v) is 7.61. The zero-order valence-corrected chi connectivity index (χ0v) is 20.1. The molecule has 0 aromatic heterocycles. The minimum atomic E-state index is -3.79. The summed E-state index contributed by atoms with van der Waals surface area (Å²) in [4.78, 5) is 17.5. The number of hydrogen-bond acceptors (Lipinski definition) is 4. The summed E-state index contributed by atoms with van der Waals surface area (Å²) in [6.45, 7) is 8.22. The normalized spacial score (nSPS) is 15.0. The average Bonchev–Trinajstić information content (AvgIpc) is 2.83. The molecule has 6 nitrogen and oxygen atoms in total. The Bertz CT molecular complexity index is 1250. The van der Waals surface area contributed by atoms with Gasteiger partial charge >= 0.3 is 0 Å². The lowest BCUT2D eigenvalue weighted by molar-refractivity contribution is 0.0636. The van der Waals surface area contributed by atoms with Crippen molar-refractivity contribution in [2.75, 3.05) is 37.4 Å². The quantitative estimate of drug-likeness (QED) is 0.558. The second kappa shape index (κ2) is 9.93. The van der Waals surface area contributed by atoms with Crippen molar-refractivity contribution in [2.24, 2.45) is 0 Å². The number of nitrogens with zero attached hydrogens (tertiary/aromatic N) is 2. The number of benzene rings is 3. The van der Waals surface area contributed by atoms with Gasteiger partial charge in [-0.3, -0.25) is 14.4 Å². The van der Waals surface area contributed by atoms with E-state index in [0.29, 0.717) is 24.3 Å². The molecule has 0 unspecified atom stereocenters. The van der Waals surface area contributed by atoms with Gasteiger partial charge in [-0.1, -0.05) is 49.7 Å². The van der Waals surface area contributed by atoms with E-state index in [1.165, 1.54) is 12.8 Å². The van der Waals surface area contributed by atoms with Crippen LogP contribution >= 0.6 is 0 Å². The zero-order valence-electron chi connectivity index (χ0n) is 19.3. The van der Waals surface area contributed by atoms with Crippen LogP contribution in [0.5, 0.6) is 0 Å². The number of carbonyl (C=O) groups is 1. The summed E-state index contributed by atoms with van der Waals surface area (Å²) in [6.07, 6.45) is 2.34. The molecule has 0 spiro atoms. The molecular weight excluding hydrogens is 434 g/mol. The van der Waals surface area contributed by atoms with E-state index in [-0.39, 0.29) is 10.8 Å². The van der Waals surface area contributed by atoms with Crippen molar-refractivity contribution in [3.05, 3.63) is 71.8 Å². The van der Waals surface area contributed by atoms with Crippen molar-refractivity contribution in [3.8, 4) is 0 Å². The molecule has 3 aromatic rings. The minimum Gasteiger partial charge on any atom is -0.336 e. The Morgan fingerprint density at radius 2 is 1.67 bits per heavy atom. The van der Waals surface area contributed by atoms with Gasteiger partial charge in [0.2, 0.25) is 0 Å². The van der Waals surface area contributed by atoms with Gasteiger partial charge in [0.25, 0.3) is 15.9 Å². The Balaban J connectivity index is 1.50. The third-order valence-electron chi connectivity index (χ3n) is 6.25. The first-order valence-electron chi connectivity index (χ1n) is 11.5. The van der Waals surface area contributed by atoms with Gasteiger partial charge in [0.05, 0.1) is 10.6 Å². The van der Waals surface area contributed by atoms with Gasteiger partial charge in [-0.2, -0.15) is 0 Å². The Hall–Kier alpha value is -2.90. The molecular formula is C26H31N3O3S. The van der Waals surface area contributed by atoms with Gasteiger partial charge in [-0.15, -0.1) is 0 Å². The van der Waals surface area contributed by atoms with Crippen molar-refractivity contribution in [2.45, 2.75) is 31.6 Å². The van der Waals surface area contributed by atoms with Gasteiger partial charge in [-0.25, -0.2) is 8.42 Å². The number of fused-ring (bicyclic) bond motifs is 1. The van der Waals surface area contributed by atoms with Gasteiger partial charge in [0.1, 0.15) is 0 Å². The molecule has 1 amide bonds. The molecule has 1 fully saturated rings. The van der Waals surface area contributed by atoms with E-state index in [2.05, 4.69) is 16.5 Å². The smallest absolute Gasteiger partial charge is 0.261 e. The maximum Gasteiger partial charge on any atom is 0.261 e. The molecule has 1 N–H and O–H groups in total. The average molecular weight is 466 g/mol. The van der Waals surface area contributed by atoms with Crippen LogP contribution in [-0.2, 0) is 10.0 Å². The molecule has 1 aliphatic heterocycles. The van der Waals surface area contributed by atoms with Crippen molar-refractivity contribution >= 4 is 32.4 Å². The van der Waals surface area contributed by atoms with Gasteiger partial charge in [0, 0.05) is 31.7 Å². The van der Waals surface area contributed by atoms with Gasteiger partial charge in [0.15, 0.2) is 0 Å². The number of unbranched alkanes of at least 4 members (excludes halogenated alkanes) is 1. The van der Waals surface area contributed by atoms with Crippen LogP contribution in [-0.4, -0.2) is 56.8 Å². The van der Waals surface area contributed by atoms with Crippen molar-refractivity contribution in [1.29, 1.82) is 0 Å². The molecule has 0 saturated carbocycles. The molecule has 0 radical (unpaired) electrons. The summed E-state index contributed by atoms with van der Waals surface area (Å²) in [6, 6.07) is 17.9. The fourth-order valence-corrected chi connectivity index (χ4v) is 5.30. The van der Waals surface area contributed by atoms with E-state index < -0.39 is 10.0 Å². The molecule has 0 atom stereocenters. The number of aryl methyl sites for hydroxylation is 1. The lowest BCUT2D eigenvalue weighted by atomic mass is 10.1. The number of hydrogen-bond donors (Lipinski definition) is 1. The highest BCUT2D eigenvalue weighted by molar-refractivity contribution is 7.92. The lowest BCUT2D eigenvalue weighted by Gasteiger charge is -2.34. The van der Waals surface area contributed by atoms with E-state index in [4.69, 9.17) is 0 Å². The number of sulfonamides is 1. The molecule has 4 rings (SSSR count). The highest BCUT2D eigenvalue weighted by Gasteiger charge is 2.23. The number of rotatable bonds is 7. The predicted molar refractivity (Wildman–Crippen MR) is 133 cm³/mol. The molecule has 7 heteroatoms. The van der Waals surface area contributed by atoms with Crippen LogP contribution in [0.1, 0.15) is 35.7 Å². The monoisotopic (exact) mass is 465 g/mol. The summed E-state index contributed by atoms with van der Waals surface area (Å²) in [5.74, 6) is -0.0590. The van der Waals surface area contributed by atoms with E-state index in [1.807, 2.05) is 36.1 Å². The Morgan fingerprint density at radius 1 is 0.939 bits per heavy atom. The Morgan fingerprint density at radius 3 is 2.39 bits per heavy atom. The SMILES string of the molecule is CCCCN1CCN(C(=O)c2ccc(C)c(NS(=O)(=O)c3ccc4ccccc4c3)c2)CC1. The molecule has 1 saturated heterocycles. The molecule has 174 valence electrons. The summed E-state index contributed by atoms with van der Waals surface area (Å²) in [7, 11) is -3.79. The summed E-state index contributed by atoms with van der Waals surface area (Å²) >= 11 is 0. The van der Waals surface area contributed by atoms with Crippen LogP contribution in [0.25, 0.3) is 10.8 Å². The van der Waals surface area contributed by atoms with Crippen LogP contribution in [0.3, 0.4) is 0 Å². The molecule has 1 heterocycles. The number of nitrogens with one attached hydrogen (secondary N) is 1. The summed E-state index contributed by atoms with van der Waals surface area (Å²) in [5, 5.41) is 1.84. The third kappa shape index (κ3) is 5.37. The first-order chi connectivity index (χ1) is 15.9. The van der Waals surface area contributed by atoms with E-state index in [9.17, 15) is 13.2 Å². The van der Waals surface area contributed by atoms with E-state index in [1.54, 1.807) is 36.4 Å². The van der Waals surface area contributed by atoms with Crippen molar-refractivity contribution < 1.29 is 13.2 Å². The van der Waals surface area contributed by atoms with E-state index >= 15 is 0 Å². The van der Waals surface area contributed by atoms with Gasteiger partial charge < -0.3 is 4.90 Å². The highest BCUT2D eigenvalue weighted by Crippen LogP contribution is 2.24. The molecule has 0 aliphatic carbocycles. The van der Waals surface area contributed by atoms with Crippen LogP contribution in [0.2, 0.25) is 0 Å². The van der Waals surface area contributed by atoms with Crippen LogP contribution < -0.4 is 4.72 Å². The minimum absolute atomic E-state index is 0.0590. The number of piperazine rings is 1. The molecule has 3 aromatic carbocycles. The zero-order chi connectivity index (χ0) is 23.4. The predicted octanol–water partition coefficient (Wildman–Crippen LogP) is 4.51. The largest absolute Gasteiger partial charge is 0.336 e. The van der Waals surface area contributed by atoms with E-state index in [0.717, 1.165) is 36.0 Å². The molecule has 33 heavy (non-hydrogen) atoms. The second-order valence-electron chi connectivity index (χ2n) is 8.63. The highest BCUT2D eigenvalue weighted by atomic mass is 32.2. The maximum absolute atomic E-state index is 13.1. The van der Waals surface area contributed by atoms with Crippen LogP contribution in [0, 0.1) is 6.92 Å². The number of amides is 1. The topological polar surface area (TPSA) is 69.7 Å². The Labute approximate surface area is 196 Å². The van der Waals surface area contributed by atoms with Crippen molar-refractivity contribution in [1.82, 2.24) is 9.80 Å². The Kier molecular flexibility index (Phi) is 7.00. The van der Waals surface area contributed by atoms with Crippen LogP contribution in [0.15, 0.2) is 65.6 Å². The second-order valence-corrected chi connectivity index (χ2v) is 10.3. The first kappa shape index (κ1) is 23.3. The summed E-state index contributed by atoms with van der Waals surface area (Å²) < 4.78 is 28.9. The fourth-order valence-electron chi connectivity index (χ4n) is 4.14. The van der Waals surface area contributed by atoms with Gasteiger partial charge in [-0.05, 0) is 60.5 Å². The van der Waals surface area contributed by atoms with Crippen molar-refractivity contribution in [3.63, 3.8) is 0 Å².